The first kappa shape index (κ1) is 18.8. The number of nitrogens with zero attached hydrogens (tertiary/aromatic N) is 1. The molecule has 136 valence electrons. The summed E-state index contributed by atoms with van der Waals surface area (Å²) in [5.41, 5.74) is -0.449. The minimum Gasteiger partial charge on any atom is -0.478 e. The summed E-state index contributed by atoms with van der Waals surface area (Å²) in [7, 11) is 0. The number of nitrogens with one attached hydrogen (secondary N) is 1. The third kappa shape index (κ3) is 3.46. The van der Waals surface area contributed by atoms with E-state index in [0.717, 1.165) is 0 Å². The molecule has 1 unspecified atom stereocenters. The van der Waals surface area contributed by atoms with E-state index in [1.54, 1.807) is 6.92 Å². The van der Waals surface area contributed by atoms with Crippen molar-refractivity contribution in [2.24, 2.45) is 0 Å². The highest BCUT2D eigenvalue weighted by molar-refractivity contribution is 6.02. The van der Waals surface area contributed by atoms with E-state index in [1.807, 2.05) is 0 Å². The van der Waals surface area contributed by atoms with Gasteiger partial charge in [0.05, 0.1) is 34.3 Å². The Balaban J connectivity index is 2.75. The zero-order chi connectivity index (χ0) is 19.4. The number of nitro benzene ring substituents is 1. The van der Waals surface area contributed by atoms with Crippen LogP contribution in [0.4, 0.5) is 5.69 Å². The molecular weight excluding hydrogens is 344 g/mol. The molecule has 1 aromatic rings. The van der Waals surface area contributed by atoms with Crippen LogP contribution in [0.25, 0.3) is 0 Å². The van der Waals surface area contributed by atoms with Crippen LogP contribution in [0.1, 0.15) is 25.3 Å². The number of carbonyl (C=O) groups excluding carboxylic acids is 2. The summed E-state index contributed by atoms with van der Waals surface area (Å²) < 4.78 is 4.96. The SMILES string of the molecule is CCOC(=O)C1=C(C=O)NC(C)=C(C(=O)O)C1c1cccc([N+](=O)[O-])c1. The number of carboxylic acid groups (broad SMARTS) is 1. The monoisotopic (exact) mass is 360 g/mol. The number of hydrogen-bond donors (Lipinski definition) is 2. The first-order valence-corrected chi connectivity index (χ1v) is 7.63. The van der Waals surface area contributed by atoms with Crippen molar-refractivity contribution in [3.05, 3.63) is 62.5 Å². The second kappa shape index (κ2) is 7.60. The topological polar surface area (TPSA) is 136 Å². The van der Waals surface area contributed by atoms with Gasteiger partial charge < -0.3 is 15.2 Å². The number of dihydropyridines is 1. The molecule has 9 nitrogen and oxygen atoms in total. The number of carboxylic acids is 1. The van der Waals surface area contributed by atoms with Gasteiger partial charge in [-0.2, -0.15) is 0 Å². The Morgan fingerprint density at radius 1 is 1.38 bits per heavy atom. The summed E-state index contributed by atoms with van der Waals surface area (Å²) in [4.78, 5) is 46.1. The van der Waals surface area contributed by atoms with Gasteiger partial charge in [-0.1, -0.05) is 12.1 Å². The van der Waals surface area contributed by atoms with Crippen LogP contribution >= 0.6 is 0 Å². The molecule has 1 aliphatic rings. The zero-order valence-corrected chi connectivity index (χ0v) is 14.0. The number of aliphatic carboxylic acids is 1. The van der Waals surface area contributed by atoms with Crippen molar-refractivity contribution in [1.29, 1.82) is 0 Å². The Morgan fingerprint density at radius 3 is 2.62 bits per heavy atom. The minimum absolute atomic E-state index is 0.0151. The molecule has 0 aliphatic carbocycles. The van der Waals surface area contributed by atoms with Crippen LogP contribution in [-0.4, -0.2) is 34.9 Å². The smallest absolute Gasteiger partial charge is 0.337 e. The molecule has 2 rings (SSSR count). The van der Waals surface area contributed by atoms with Crippen LogP contribution in [0.2, 0.25) is 0 Å². The summed E-state index contributed by atoms with van der Waals surface area (Å²) in [5, 5.41) is 23.3. The summed E-state index contributed by atoms with van der Waals surface area (Å²) in [6, 6.07) is 5.26. The molecule has 0 fully saturated rings. The highest BCUT2D eigenvalue weighted by atomic mass is 16.6. The molecule has 0 amide bonds. The van der Waals surface area contributed by atoms with Crippen molar-refractivity contribution < 1.29 is 29.2 Å². The van der Waals surface area contributed by atoms with E-state index in [-0.39, 0.29) is 40.4 Å². The van der Waals surface area contributed by atoms with Gasteiger partial charge in [-0.15, -0.1) is 0 Å². The minimum atomic E-state index is -1.32. The molecule has 0 saturated carbocycles. The van der Waals surface area contributed by atoms with Crippen molar-refractivity contribution in [3.8, 4) is 0 Å². The number of benzene rings is 1. The van der Waals surface area contributed by atoms with E-state index in [2.05, 4.69) is 5.32 Å². The number of carbonyl (C=O) groups is 3. The van der Waals surface area contributed by atoms with E-state index in [4.69, 9.17) is 4.74 Å². The molecule has 2 N–H and O–H groups in total. The molecule has 1 atom stereocenters. The highest BCUT2D eigenvalue weighted by Crippen LogP contribution is 2.39. The molecule has 1 aliphatic heterocycles. The number of esters is 1. The maximum atomic E-state index is 12.4. The van der Waals surface area contributed by atoms with E-state index in [0.29, 0.717) is 6.29 Å². The van der Waals surface area contributed by atoms with Gasteiger partial charge in [-0.25, -0.2) is 9.59 Å². The average molecular weight is 360 g/mol. The van der Waals surface area contributed by atoms with E-state index >= 15 is 0 Å². The summed E-state index contributed by atoms with van der Waals surface area (Å²) >= 11 is 0. The van der Waals surface area contributed by atoms with Crippen molar-refractivity contribution in [1.82, 2.24) is 5.32 Å². The molecule has 1 aromatic carbocycles. The number of allylic oxidation sites excluding steroid dienone is 2. The van der Waals surface area contributed by atoms with Gasteiger partial charge in [-0.05, 0) is 19.4 Å². The first-order chi connectivity index (χ1) is 12.3. The van der Waals surface area contributed by atoms with Crippen molar-refractivity contribution in [2.75, 3.05) is 6.61 Å². The zero-order valence-electron chi connectivity index (χ0n) is 14.0. The third-order valence-corrected chi connectivity index (χ3v) is 3.85. The Kier molecular flexibility index (Phi) is 5.51. The predicted molar refractivity (Wildman–Crippen MR) is 89.0 cm³/mol. The molecule has 0 radical (unpaired) electrons. The number of aldehydes is 1. The number of rotatable bonds is 6. The van der Waals surface area contributed by atoms with Crippen molar-refractivity contribution in [2.45, 2.75) is 19.8 Å². The Bertz CT molecular complexity index is 854. The fourth-order valence-electron chi connectivity index (χ4n) is 2.82. The van der Waals surface area contributed by atoms with Crippen LogP contribution in [-0.2, 0) is 19.1 Å². The van der Waals surface area contributed by atoms with Crippen LogP contribution in [0.15, 0.2) is 46.8 Å². The normalized spacial score (nSPS) is 16.8. The fraction of sp³-hybridized carbons (Fsp3) is 0.235. The molecular formula is C17H16N2O7. The number of non-ortho nitro benzene ring substituents is 1. The van der Waals surface area contributed by atoms with E-state index in [1.165, 1.54) is 31.2 Å². The first-order valence-electron chi connectivity index (χ1n) is 7.63. The van der Waals surface area contributed by atoms with Crippen molar-refractivity contribution >= 4 is 23.9 Å². The fourth-order valence-corrected chi connectivity index (χ4v) is 2.82. The molecule has 0 saturated heterocycles. The van der Waals surface area contributed by atoms with Crippen LogP contribution in [0.5, 0.6) is 0 Å². The molecule has 9 heteroatoms. The van der Waals surface area contributed by atoms with Gasteiger partial charge in [-0.3, -0.25) is 14.9 Å². The second-order valence-corrected chi connectivity index (χ2v) is 5.42. The molecule has 0 spiro atoms. The van der Waals surface area contributed by atoms with Gasteiger partial charge in [0.25, 0.3) is 5.69 Å². The number of nitro groups is 1. The third-order valence-electron chi connectivity index (χ3n) is 3.85. The lowest BCUT2D eigenvalue weighted by molar-refractivity contribution is -0.384. The van der Waals surface area contributed by atoms with Crippen LogP contribution < -0.4 is 5.32 Å². The molecule has 26 heavy (non-hydrogen) atoms. The van der Waals surface area contributed by atoms with Gasteiger partial charge in [0, 0.05) is 17.8 Å². The lowest BCUT2D eigenvalue weighted by atomic mass is 9.80. The standard InChI is InChI=1S/C17H16N2O7/c1-3-26-17(23)15-12(8-20)18-9(2)13(16(21)22)14(15)10-5-4-6-11(7-10)19(24)25/h4-8,14,18H,3H2,1-2H3,(H,21,22). The Labute approximate surface area is 148 Å². The Morgan fingerprint density at radius 2 is 2.08 bits per heavy atom. The average Bonchev–Trinajstić information content (AvgIpc) is 2.60. The van der Waals surface area contributed by atoms with Gasteiger partial charge in [0.1, 0.15) is 0 Å². The van der Waals surface area contributed by atoms with Gasteiger partial charge >= 0.3 is 11.9 Å². The second-order valence-electron chi connectivity index (χ2n) is 5.42. The maximum absolute atomic E-state index is 12.4. The summed E-state index contributed by atoms with van der Waals surface area (Å²) in [5.74, 6) is -3.38. The Hall–Kier alpha value is -3.49. The van der Waals surface area contributed by atoms with Gasteiger partial charge in [0.15, 0.2) is 6.29 Å². The predicted octanol–water partition coefficient (Wildman–Crippen LogP) is 1.66. The molecule has 1 heterocycles. The summed E-state index contributed by atoms with van der Waals surface area (Å²) in [6.45, 7) is 3.03. The van der Waals surface area contributed by atoms with Crippen LogP contribution in [0.3, 0.4) is 0 Å². The van der Waals surface area contributed by atoms with Gasteiger partial charge in [0.2, 0.25) is 0 Å². The molecule has 0 aromatic heterocycles. The number of ether oxygens (including phenoxy) is 1. The van der Waals surface area contributed by atoms with E-state index < -0.39 is 22.8 Å². The van der Waals surface area contributed by atoms with Crippen LogP contribution in [0, 0.1) is 10.1 Å². The quantitative estimate of drug-likeness (QED) is 0.338. The lowest BCUT2D eigenvalue weighted by Gasteiger charge is -2.28. The highest BCUT2D eigenvalue weighted by Gasteiger charge is 2.38. The molecule has 0 bridgehead atoms. The number of hydrogen-bond acceptors (Lipinski definition) is 7. The lowest BCUT2D eigenvalue weighted by Crippen LogP contribution is -2.33. The maximum Gasteiger partial charge on any atom is 0.337 e. The summed E-state index contributed by atoms with van der Waals surface area (Å²) in [6.07, 6.45) is 0.388. The largest absolute Gasteiger partial charge is 0.478 e. The van der Waals surface area contributed by atoms with Crippen molar-refractivity contribution in [3.63, 3.8) is 0 Å². The van der Waals surface area contributed by atoms with E-state index in [9.17, 15) is 29.6 Å².